The summed E-state index contributed by atoms with van der Waals surface area (Å²) in [4.78, 5) is 4.28. The normalized spacial score (nSPS) is 15.0. The van der Waals surface area contributed by atoms with E-state index >= 15 is 0 Å². The van der Waals surface area contributed by atoms with Gasteiger partial charge in [-0.1, -0.05) is 18.5 Å². The Morgan fingerprint density at radius 1 is 1.44 bits per heavy atom. The summed E-state index contributed by atoms with van der Waals surface area (Å²) in [6.45, 7) is 4.10. The van der Waals surface area contributed by atoms with Crippen LogP contribution in [0.1, 0.15) is 50.9 Å². The van der Waals surface area contributed by atoms with E-state index in [0.717, 1.165) is 25.7 Å². The second kappa shape index (κ2) is 6.60. The number of aryl methyl sites for hydroxylation is 1. The largest absolute Gasteiger partial charge is 0.382 e. The van der Waals surface area contributed by atoms with Crippen LogP contribution in [0.3, 0.4) is 0 Å². The lowest BCUT2D eigenvalue weighted by Crippen LogP contribution is -2.11. The summed E-state index contributed by atoms with van der Waals surface area (Å²) >= 11 is 0. The van der Waals surface area contributed by atoms with Crippen LogP contribution in [0.2, 0.25) is 0 Å². The number of methoxy groups -OCH3 is 1. The van der Waals surface area contributed by atoms with E-state index in [1.165, 1.54) is 0 Å². The molecule has 0 saturated heterocycles. The van der Waals surface area contributed by atoms with Gasteiger partial charge in [-0.3, -0.25) is 0 Å². The van der Waals surface area contributed by atoms with Crippen LogP contribution in [0, 0.1) is 0 Å². The maximum Gasteiger partial charge on any atom is 0.226 e. The van der Waals surface area contributed by atoms with Crippen LogP contribution in [0.15, 0.2) is 4.52 Å². The molecule has 0 radical (unpaired) electrons. The Bertz CT molecular complexity index is 301. The first-order chi connectivity index (χ1) is 7.67. The zero-order chi connectivity index (χ0) is 12.0. The smallest absolute Gasteiger partial charge is 0.226 e. The molecular formula is C11H21N3O2. The lowest BCUT2D eigenvalue weighted by atomic mass is 10.2. The third-order valence-electron chi connectivity index (χ3n) is 2.58. The highest BCUT2D eigenvalue weighted by Crippen LogP contribution is 2.13. The second-order valence-electron chi connectivity index (χ2n) is 4.03. The van der Waals surface area contributed by atoms with Crippen molar-refractivity contribution in [2.24, 2.45) is 5.73 Å². The fraction of sp³-hybridized carbons (Fsp3) is 0.818. The summed E-state index contributed by atoms with van der Waals surface area (Å²) in [5, 5.41) is 3.89. The van der Waals surface area contributed by atoms with Crippen molar-refractivity contribution >= 4 is 0 Å². The molecule has 0 aliphatic heterocycles. The maximum atomic E-state index is 5.89. The lowest BCUT2D eigenvalue weighted by Gasteiger charge is -2.05. The number of nitrogens with zero attached hydrogens (tertiary/aromatic N) is 2. The molecule has 2 atom stereocenters. The van der Waals surface area contributed by atoms with Crippen LogP contribution in [0.5, 0.6) is 0 Å². The molecule has 16 heavy (non-hydrogen) atoms. The van der Waals surface area contributed by atoms with Crippen molar-refractivity contribution in [1.29, 1.82) is 0 Å². The molecule has 5 heteroatoms. The third-order valence-corrected chi connectivity index (χ3v) is 2.58. The van der Waals surface area contributed by atoms with E-state index in [9.17, 15) is 0 Å². The monoisotopic (exact) mass is 227 g/mol. The van der Waals surface area contributed by atoms with Crippen molar-refractivity contribution in [3.05, 3.63) is 11.7 Å². The Morgan fingerprint density at radius 3 is 2.81 bits per heavy atom. The molecule has 0 fully saturated rings. The van der Waals surface area contributed by atoms with Crippen LogP contribution >= 0.6 is 0 Å². The molecule has 2 N–H and O–H groups in total. The zero-order valence-corrected chi connectivity index (χ0v) is 10.3. The highest BCUT2D eigenvalue weighted by atomic mass is 16.5. The highest BCUT2D eigenvalue weighted by molar-refractivity contribution is 4.92. The van der Waals surface area contributed by atoms with Gasteiger partial charge in [0.2, 0.25) is 5.89 Å². The molecule has 5 nitrogen and oxygen atoms in total. The van der Waals surface area contributed by atoms with Crippen molar-refractivity contribution in [1.82, 2.24) is 10.1 Å². The van der Waals surface area contributed by atoms with E-state index in [1.54, 1.807) is 7.11 Å². The van der Waals surface area contributed by atoms with E-state index in [1.807, 2.05) is 6.92 Å². The molecule has 1 rings (SSSR count). The predicted molar refractivity (Wildman–Crippen MR) is 60.9 cm³/mol. The van der Waals surface area contributed by atoms with Gasteiger partial charge in [0.15, 0.2) is 5.82 Å². The van der Waals surface area contributed by atoms with Crippen molar-refractivity contribution in [3.63, 3.8) is 0 Å². The number of rotatable bonds is 7. The number of ether oxygens (including phenoxy) is 1. The Balaban J connectivity index is 2.45. The number of aromatic nitrogens is 2. The molecule has 0 aliphatic carbocycles. The first kappa shape index (κ1) is 13.1. The molecular weight excluding hydrogens is 206 g/mol. The molecule has 2 unspecified atom stereocenters. The van der Waals surface area contributed by atoms with E-state index in [4.69, 9.17) is 15.0 Å². The fourth-order valence-electron chi connectivity index (χ4n) is 1.40. The summed E-state index contributed by atoms with van der Waals surface area (Å²) < 4.78 is 10.3. The van der Waals surface area contributed by atoms with Gasteiger partial charge in [0, 0.05) is 13.5 Å². The molecule has 0 bridgehead atoms. The average molecular weight is 227 g/mol. The van der Waals surface area contributed by atoms with Crippen molar-refractivity contribution in [3.8, 4) is 0 Å². The fourth-order valence-corrected chi connectivity index (χ4v) is 1.40. The van der Waals surface area contributed by atoms with Crippen LogP contribution in [-0.2, 0) is 11.2 Å². The first-order valence-corrected chi connectivity index (χ1v) is 5.78. The van der Waals surface area contributed by atoms with Gasteiger partial charge in [0.1, 0.15) is 0 Å². The SMILES string of the molecule is CCCC(N)c1noc(CCC(C)OC)n1. The highest BCUT2D eigenvalue weighted by Gasteiger charge is 2.13. The van der Waals surface area contributed by atoms with Gasteiger partial charge < -0.3 is 15.0 Å². The van der Waals surface area contributed by atoms with Crippen molar-refractivity contribution in [2.75, 3.05) is 7.11 Å². The molecule has 0 aromatic carbocycles. The minimum absolute atomic E-state index is 0.109. The summed E-state index contributed by atoms with van der Waals surface area (Å²) in [5.41, 5.74) is 5.89. The van der Waals surface area contributed by atoms with Gasteiger partial charge in [-0.25, -0.2) is 0 Å². The van der Waals surface area contributed by atoms with Crippen LogP contribution in [-0.4, -0.2) is 23.4 Å². The molecule has 0 saturated carbocycles. The van der Waals surface area contributed by atoms with Gasteiger partial charge >= 0.3 is 0 Å². The number of nitrogens with two attached hydrogens (primary N) is 1. The first-order valence-electron chi connectivity index (χ1n) is 5.78. The summed E-state index contributed by atoms with van der Waals surface area (Å²) in [5.74, 6) is 1.26. The minimum atomic E-state index is -0.109. The minimum Gasteiger partial charge on any atom is -0.382 e. The average Bonchev–Trinajstić information content (AvgIpc) is 2.75. The topological polar surface area (TPSA) is 74.2 Å². The van der Waals surface area contributed by atoms with Gasteiger partial charge in [0.05, 0.1) is 12.1 Å². The quantitative estimate of drug-likeness (QED) is 0.769. The zero-order valence-electron chi connectivity index (χ0n) is 10.3. The van der Waals surface area contributed by atoms with Gasteiger partial charge in [0.25, 0.3) is 0 Å². The Kier molecular flexibility index (Phi) is 5.42. The molecule has 1 aromatic heterocycles. The van der Waals surface area contributed by atoms with Crippen LogP contribution in [0.4, 0.5) is 0 Å². The molecule has 0 amide bonds. The molecule has 1 aromatic rings. The molecule has 0 aliphatic rings. The van der Waals surface area contributed by atoms with E-state index in [0.29, 0.717) is 11.7 Å². The second-order valence-corrected chi connectivity index (χ2v) is 4.03. The van der Waals surface area contributed by atoms with Gasteiger partial charge in [-0.05, 0) is 19.8 Å². The van der Waals surface area contributed by atoms with E-state index in [-0.39, 0.29) is 12.1 Å². The van der Waals surface area contributed by atoms with Crippen LogP contribution < -0.4 is 5.73 Å². The Labute approximate surface area is 96.4 Å². The molecule has 0 spiro atoms. The number of hydrogen-bond donors (Lipinski definition) is 1. The van der Waals surface area contributed by atoms with Crippen LogP contribution in [0.25, 0.3) is 0 Å². The summed E-state index contributed by atoms with van der Waals surface area (Å²) in [6.07, 6.45) is 3.72. The maximum absolute atomic E-state index is 5.89. The van der Waals surface area contributed by atoms with Crippen molar-refractivity contribution in [2.45, 2.75) is 51.7 Å². The standard InChI is InChI=1S/C11H21N3O2/c1-4-5-9(12)11-13-10(16-14-11)7-6-8(2)15-3/h8-9H,4-7,12H2,1-3H3. The molecule has 92 valence electrons. The van der Waals surface area contributed by atoms with Gasteiger partial charge in [-0.15, -0.1) is 0 Å². The Morgan fingerprint density at radius 2 is 2.19 bits per heavy atom. The Hall–Kier alpha value is -0.940. The van der Waals surface area contributed by atoms with Crippen molar-refractivity contribution < 1.29 is 9.26 Å². The van der Waals surface area contributed by atoms with E-state index < -0.39 is 0 Å². The van der Waals surface area contributed by atoms with E-state index in [2.05, 4.69) is 17.1 Å². The predicted octanol–water partition coefficient (Wildman–Crippen LogP) is 1.84. The number of hydrogen-bond acceptors (Lipinski definition) is 5. The summed E-state index contributed by atoms with van der Waals surface area (Å²) in [7, 11) is 1.70. The lowest BCUT2D eigenvalue weighted by molar-refractivity contribution is 0.109. The third kappa shape index (κ3) is 3.90. The summed E-state index contributed by atoms with van der Waals surface area (Å²) in [6, 6.07) is -0.109. The molecule has 1 heterocycles. The van der Waals surface area contributed by atoms with Gasteiger partial charge in [-0.2, -0.15) is 4.98 Å².